The molecule has 5 heteroatoms. The fraction of sp³-hybridized carbons (Fsp3) is 0.105. The molecular formula is C57H39N3O2. The first kappa shape index (κ1) is 35.2. The standard InChI is InChI=1S/C57H39N3O2/c1-8-30-57(31-9-1)47-18-5-2-16-44(47)53-41(17-11-19-48(53)57)38-13-10-12-37(32-38)35-22-24-36(25-23-35)54-58-55(39-26-28-51-45(33-39)42-14-3-6-20-49(42)61-51)60-56(59-54)40-27-29-52-46(34-40)43-15-4-7-21-50(43)62-52/h2-7,10-29,32-34H,1,8-9,30-31H2. The van der Waals surface area contributed by atoms with E-state index in [4.69, 9.17) is 23.8 Å². The molecule has 5 nitrogen and oxygen atoms in total. The highest BCUT2D eigenvalue weighted by Gasteiger charge is 2.44. The zero-order valence-electron chi connectivity index (χ0n) is 33.9. The van der Waals surface area contributed by atoms with Crippen molar-refractivity contribution in [2.24, 2.45) is 0 Å². The van der Waals surface area contributed by atoms with Crippen LogP contribution >= 0.6 is 0 Å². The second kappa shape index (κ2) is 13.7. The van der Waals surface area contributed by atoms with E-state index in [-0.39, 0.29) is 5.41 Å². The molecule has 0 N–H and O–H groups in total. The molecule has 0 atom stereocenters. The summed E-state index contributed by atoms with van der Waals surface area (Å²) >= 11 is 0. The minimum absolute atomic E-state index is 0.128. The van der Waals surface area contributed by atoms with E-state index in [1.165, 1.54) is 71.0 Å². The first-order valence-corrected chi connectivity index (χ1v) is 21.7. The highest BCUT2D eigenvalue weighted by Crippen LogP contribution is 2.58. The van der Waals surface area contributed by atoms with E-state index in [0.29, 0.717) is 17.5 Å². The summed E-state index contributed by atoms with van der Waals surface area (Å²) < 4.78 is 12.3. The SMILES string of the molecule is c1cc(-c2ccc(-c3nc(-c4ccc5oc6ccccc6c5c4)nc(-c4ccc5oc6ccccc6c5c4)n3)cc2)cc(-c2cccc3c2-c2ccccc2C32CCCCC2)c1. The maximum absolute atomic E-state index is 6.17. The van der Waals surface area contributed by atoms with Gasteiger partial charge in [0.1, 0.15) is 22.3 Å². The zero-order valence-corrected chi connectivity index (χ0v) is 33.9. The Kier molecular flexibility index (Phi) is 7.77. The molecule has 0 amide bonds. The molecule has 3 heterocycles. The van der Waals surface area contributed by atoms with E-state index in [1.54, 1.807) is 0 Å². The predicted octanol–water partition coefficient (Wildman–Crippen LogP) is 15.2. The summed E-state index contributed by atoms with van der Waals surface area (Å²) in [6.45, 7) is 0. The van der Waals surface area contributed by atoms with Crippen molar-refractivity contribution in [3.05, 3.63) is 187 Å². The molecule has 1 spiro atoms. The first-order valence-electron chi connectivity index (χ1n) is 21.7. The van der Waals surface area contributed by atoms with Gasteiger partial charge in [0.2, 0.25) is 0 Å². The molecule has 294 valence electrons. The Balaban J connectivity index is 0.904. The van der Waals surface area contributed by atoms with Gasteiger partial charge in [-0.1, -0.05) is 141 Å². The summed E-state index contributed by atoms with van der Waals surface area (Å²) in [6.07, 6.45) is 6.35. The molecule has 2 aliphatic carbocycles. The predicted molar refractivity (Wildman–Crippen MR) is 251 cm³/mol. The van der Waals surface area contributed by atoms with Crippen LogP contribution in [0.25, 0.3) is 111 Å². The van der Waals surface area contributed by atoms with Gasteiger partial charge in [0.25, 0.3) is 0 Å². The number of aromatic nitrogens is 3. The highest BCUT2D eigenvalue weighted by atomic mass is 16.3. The Hall–Kier alpha value is -7.63. The van der Waals surface area contributed by atoms with E-state index in [0.717, 1.165) is 66.1 Å². The third-order valence-corrected chi connectivity index (χ3v) is 13.6. The summed E-state index contributed by atoms with van der Waals surface area (Å²) in [4.78, 5) is 15.4. The minimum Gasteiger partial charge on any atom is -0.456 e. The maximum Gasteiger partial charge on any atom is 0.164 e. The summed E-state index contributed by atoms with van der Waals surface area (Å²) in [5, 5.41) is 4.17. The number of benzene rings is 8. The number of furan rings is 2. The highest BCUT2D eigenvalue weighted by molar-refractivity contribution is 6.07. The molecular weight excluding hydrogens is 759 g/mol. The fourth-order valence-corrected chi connectivity index (χ4v) is 10.6. The fourth-order valence-electron chi connectivity index (χ4n) is 10.6. The molecule has 11 aromatic rings. The van der Waals surface area contributed by atoms with Crippen LogP contribution in [0, 0.1) is 0 Å². The molecule has 13 rings (SSSR count). The zero-order chi connectivity index (χ0) is 40.8. The van der Waals surface area contributed by atoms with Crippen molar-refractivity contribution in [2.75, 3.05) is 0 Å². The summed E-state index contributed by atoms with van der Waals surface area (Å²) in [6, 6.07) is 62.4. The Morgan fingerprint density at radius 3 is 1.52 bits per heavy atom. The Morgan fingerprint density at radius 2 is 0.839 bits per heavy atom. The average Bonchev–Trinajstić information content (AvgIpc) is 3.99. The van der Waals surface area contributed by atoms with E-state index in [9.17, 15) is 0 Å². The van der Waals surface area contributed by atoms with Gasteiger partial charge in [0.15, 0.2) is 17.5 Å². The summed E-state index contributed by atoms with van der Waals surface area (Å²) in [7, 11) is 0. The van der Waals surface area contributed by atoms with Crippen LogP contribution in [0.2, 0.25) is 0 Å². The van der Waals surface area contributed by atoms with E-state index in [2.05, 4.69) is 115 Å². The quantitative estimate of drug-likeness (QED) is 0.174. The largest absolute Gasteiger partial charge is 0.456 e. The summed E-state index contributed by atoms with van der Waals surface area (Å²) in [5.41, 5.74) is 16.9. The van der Waals surface area contributed by atoms with Crippen molar-refractivity contribution in [1.82, 2.24) is 15.0 Å². The van der Waals surface area contributed by atoms with Gasteiger partial charge in [-0.15, -0.1) is 0 Å². The number of rotatable bonds is 5. The van der Waals surface area contributed by atoms with Crippen molar-refractivity contribution in [3.8, 4) is 67.5 Å². The Bertz CT molecular complexity index is 3440. The molecule has 8 aromatic carbocycles. The van der Waals surface area contributed by atoms with Crippen molar-refractivity contribution < 1.29 is 8.83 Å². The van der Waals surface area contributed by atoms with Crippen LogP contribution in [-0.2, 0) is 5.41 Å². The van der Waals surface area contributed by atoms with Gasteiger partial charge >= 0.3 is 0 Å². The topological polar surface area (TPSA) is 65.0 Å². The van der Waals surface area contributed by atoms with Gasteiger partial charge in [-0.3, -0.25) is 0 Å². The van der Waals surface area contributed by atoms with Crippen molar-refractivity contribution in [2.45, 2.75) is 37.5 Å². The van der Waals surface area contributed by atoms with Gasteiger partial charge in [-0.05, 0) is 112 Å². The van der Waals surface area contributed by atoms with Gasteiger partial charge in [-0.2, -0.15) is 0 Å². The smallest absolute Gasteiger partial charge is 0.164 e. The molecule has 1 saturated carbocycles. The lowest BCUT2D eigenvalue weighted by molar-refractivity contribution is 0.353. The lowest BCUT2D eigenvalue weighted by atomic mass is 9.68. The van der Waals surface area contributed by atoms with Crippen LogP contribution < -0.4 is 0 Å². The number of hydrogen-bond donors (Lipinski definition) is 0. The molecule has 1 fully saturated rings. The van der Waals surface area contributed by atoms with Crippen LogP contribution in [0.1, 0.15) is 43.2 Å². The lowest BCUT2D eigenvalue weighted by Crippen LogP contribution is -2.27. The maximum atomic E-state index is 6.17. The van der Waals surface area contributed by atoms with Crippen LogP contribution in [0.5, 0.6) is 0 Å². The third-order valence-electron chi connectivity index (χ3n) is 13.6. The normalized spacial score (nSPS) is 14.3. The first-order chi connectivity index (χ1) is 30.7. The molecule has 3 aromatic heterocycles. The molecule has 62 heavy (non-hydrogen) atoms. The van der Waals surface area contributed by atoms with Crippen LogP contribution in [0.3, 0.4) is 0 Å². The van der Waals surface area contributed by atoms with Crippen molar-refractivity contribution in [3.63, 3.8) is 0 Å². The summed E-state index contributed by atoms with van der Waals surface area (Å²) in [5.74, 6) is 1.80. The Labute approximate surface area is 358 Å². The second-order valence-corrected chi connectivity index (χ2v) is 17.0. The van der Waals surface area contributed by atoms with Gasteiger partial charge in [-0.25, -0.2) is 15.0 Å². The lowest BCUT2D eigenvalue weighted by Gasteiger charge is -2.36. The second-order valence-electron chi connectivity index (χ2n) is 17.0. The third kappa shape index (κ3) is 5.44. The number of fused-ring (bicyclic) bond motifs is 11. The van der Waals surface area contributed by atoms with Crippen LogP contribution in [0.4, 0.5) is 0 Å². The number of hydrogen-bond acceptors (Lipinski definition) is 5. The van der Waals surface area contributed by atoms with E-state index < -0.39 is 0 Å². The molecule has 2 aliphatic rings. The van der Waals surface area contributed by atoms with Crippen molar-refractivity contribution in [1.29, 1.82) is 0 Å². The molecule has 0 radical (unpaired) electrons. The van der Waals surface area contributed by atoms with E-state index in [1.807, 2.05) is 60.7 Å². The molecule has 0 aliphatic heterocycles. The van der Waals surface area contributed by atoms with Crippen LogP contribution in [0.15, 0.2) is 185 Å². The van der Waals surface area contributed by atoms with Gasteiger partial charge in [0.05, 0.1) is 0 Å². The van der Waals surface area contributed by atoms with Gasteiger partial charge in [0, 0.05) is 43.7 Å². The van der Waals surface area contributed by atoms with Crippen molar-refractivity contribution >= 4 is 43.9 Å². The molecule has 0 saturated heterocycles. The minimum atomic E-state index is 0.128. The number of para-hydroxylation sites is 2. The van der Waals surface area contributed by atoms with Crippen LogP contribution in [-0.4, -0.2) is 15.0 Å². The number of nitrogens with zero attached hydrogens (tertiary/aromatic N) is 3. The Morgan fingerprint density at radius 1 is 0.339 bits per heavy atom. The van der Waals surface area contributed by atoms with E-state index >= 15 is 0 Å². The molecule has 0 bridgehead atoms. The monoisotopic (exact) mass is 797 g/mol. The molecule has 0 unspecified atom stereocenters. The average molecular weight is 798 g/mol. The van der Waals surface area contributed by atoms with Gasteiger partial charge < -0.3 is 8.83 Å².